The van der Waals surface area contributed by atoms with E-state index in [1.54, 1.807) is 13.1 Å². The molecule has 1 aromatic rings. The maximum absolute atomic E-state index is 11.7. The van der Waals surface area contributed by atoms with Gasteiger partial charge in [0, 0.05) is 31.4 Å². The lowest BCUT2D eigenvalue weighted by molar-refractivity contribution is -0.148. The van der Waals surface area contributed by atoms with E-state index >= 15 is 0 Å². The van der Waals surface area contributed by atoms with Crippen molar-refractivity contribution in [3.63, 3.8) is 0 Å². The summed E-state index contributed by atoms with van der Waals surface area (Å²) in [5.41, 5.74) is 1.68. The van der Waals surface area contributed by atoms with Crippen LogP contribution >= 0.6 is 0 Å². The van der Waals surface area contributed by atoms with E-state index in [1.807, 2.05) is 25.1 Å². The fraction of sp³-hybridized carbons (Fsp3) is 0.500. The molecule has 0 saturated carbocycles. The molecule has 5 heteroatoms. The number of carbonyl (C=O) groups is 2. The minimum Gasteiger partial charge on any atom is -0.466 e. The lowest BCUT2D eigenvalue weighted by atomic mass is 9.96. The van der Waals surface area contributed by atoms with Gasteiger partial charge in [0.15, 0.2) is 0 Å². The number of esters is 1. The molecule has 0 aliphatic carbocycles. The van der Waals surface area contributed by atoms with Gasteiger partial charge in [0.05, 0.1) is 12.5 Å². The molecule has 1 fully saturated rings. The molecule has 1 aromatic carbocycles. The Morgan fingerprint density at radius 1 is 1.33 bits per heavy atom. The van der Waals surface area contributed by atoms with Crippen molar-refractivity contribution in [2.45, 2.75) is 19.8 Å². The smallest absolute Gasteiger partial charge is 0.309 e. The van der Waals surface area contributed by atoms with Crippen molar-refractivity contribution in [3.05, 3.63) is 29.8 Å². The number of benzene rings is 1. The molecule has 0 spiro atoms. The summed E-state index contributed by atoms with van der Waals surface area (Å²) in [5, 5.41) is 2.63. The van der Waals surface area contributed by atoms with Gasteiger partial charge in [-0.2, -0.15) is 0 Å². The topological polar surface area (TPSA) is 58.6 Å². The van der Waals surface area contributed by atoms with Gasteiger partial charge in [-0.05, 0) is 38.0 Å². The summed E-state index contributed by atoms with van der Waals surface area (Å²) in [5.74, 6) is -0.169. The van der Waals surface area contributed by atoms with Crippen LogP contribution in [0.1, 0.15) is 30.1 Å². The Hall–Kier alpha value is -2.04. The van der Waals surface area contributed by atoms with E-state index in [4.69, 9.17) is 4.74 Å². The second kappa shape index (κ2) is 7.11. The third-order valence-corrected chi connectivity index (χ3v) is 3.82. The average Bonchev–Trinajstić information content (AvgIpc) is 2.54. The highest BCUT2D eigenvalue weighted by molar-refractivity contribution is 5.94. The molecule has 1 amide bonds. The Balaban J connectivity index is 1.99. The van der Waals surface area contributed by atoms with Crippen LogP contribution in [-0.4, -0.2) is 38.6 Å². The normalized spacial score (nSPS) is 15.6. The molecule has 114 valence electrons. The first-order valence-corrected chi connectivity index (χ1v) is 7.39. The molecule has 1 aliphatic heterocycles. The molecule has 1 N–H and O–H groups in total. The number of carbonyl (C=O) groups excluding carboxylic acids is 2. The van der Waals surface area contributed by atoms with Crippen molar-refractivity contribution >= 4 is 17.6 Å². The van der Waals surface area contributed by atoms with Crippen molar-refractivity contribution in [2.75, 3.05) is 31.6 Å². The molecule has 0 bridgehead atoms. The monoisotopic (exact) mass is 290 g/mol. The Kier molecular flexibility index (Phi) is 5.20. The first-order valence-electron chi connectivity index (χ1n) is 7.39. The Labute approximate surface area is 125 Å². The summed E-state index contributed by atoms with van der Waals surface area (Å²) in [7, 11) is 1.62. The van der Waals surface area contributed by atoms with E-state index in [0.717, 1.165) is 31.6 Å². The van der Waals surface area contributed by atoms with Crippen molar-refractivity contribution in [1.82, 2.24) is 5.32 Å². The van der Waals surface area contributed by atoms with Crippen LogP contribution in [-0.2, 0) is 9.53 Å². The minimum atomic E-state index is -0.0868. The van der Waals surface area contributed by atoms with Crippen LogP contribution in [0.3, 0.4) is 0 Å². The van der Waals surface area contributed by atoms with Crippen LogP contribution in [0.25, 0.3) is 0 Å². The Bertz CT molecular complexity index is 508. The number of nitrogens with one attached hydrogen (secondary N) is 1. The number of piperidine rings is 1. The maximum atomic E-state index is 11.7. The third kappa shape index (κ3) is 3.74. The standard InChI is InChI=1S/C16H22N2O3/c1-3-21-16(20)12-7-9-18(10-8-12)14-6-4-5-13(11-14)15(19)17-2/h4-6,11-12H,3,7-10H2,1-2H3,(H,17,19). The van der Waals surface area contributed by atoms with Crippen LogP contribution in [0.15, 0.2) is 24.3 Å². The molecule has 1 heterocycles. The fourth-order valence-electron chi connectivity index (χ4n) is 2.62. The molecule has 0 atom stereocenters. The Morgan fingerprint density at radius 2 is 2.05 bits per heavy atom. The number of hydrogen-bond donors (Lipinski definition) is 1. The van der Waals surface area contributed by atoms with Gasteiger partial charge < -0.3 is 15.0 Å². The van der Waals surface area contributed by atoms with Crippen LogP contribution in [0.4, 0.5) is 5.69 Å². The summed E-state index contributed by atoms with van der Waals surface area (Å²) >= 11 is 0. The molecule has 2 rings (SSSR count). The first kappa shape index (κ1) is 15.4. The maximum Gasteiger partial charge on any atom is 0.309 e. The molecule has 0 unspecified atom stereocenters. The highest BCUT2D eigenvalue weighted by atomic mass is 16.5. The van der Waals surface area contributed by atoms with Gasteiger partial charge in [-0.3, -0.25) is 9.59 Å². The second-order valence-electron chi connectivity index (χ2n) is 5.14. The van der Waals surface area contributed by atoms with E-state index < -0.39 is 0 Å². The van der Waals surface area contributed by atoms with Crippen molar-refractivity contribution < 1.29 is 14.3 Å². The molecular formula is C16H22N2O3. The zero-order valence-corrected chi connectivity index (χ0v) is 12.6. The van der Waals surface area contributed by atoms with E-state index in [0.29, 0.717) is 12.2 Å². The molecular weight excluding hydrogens is 268 g/mol. The summed E-state index contributed by atoms with van der Waals surface area (Å²) < 4.78 is 5.08. The van der Waals surface area contributed by atoms with Crippen LogP contribution in [0.2, 0.25) is 0 Å². The van der Waals surface area contributed by atoms with E-state index in [9.17, 15) is 9.59 Å². The van der Waals surface area contributed by atoms with Gasteiger partial charge in [0.25, 0.3) is 5.91 Å². The summed E-state index contributed by atoms with van der Waals surface area (Å²) in [6.07, 6.45) is 1.59. The number of amides is 1. The van der Waals surface area contributed by atoms with Gasteiger partial charge in [0.1, 0.15) is 0 Å². The van der Waals surface area contributed by atoms with Crippen molar-refractivity contribution in [1.29, 1.82) is 0 Å². The number of ether oxygens (including phenoxy) is 1. The van der Waals surface area contributed by atoms with Gasteiger partial charge in [-0.15, -0.1) is 0 Å². The quantitative estimate of drug-likeness (QED) is 0.859. The van der Waals surface area contributed by atoms with Crippen LogP contribution in [0.5, 0.6) is 0 Å². The summed E-state index contributed by atoms with van der Waals surface area (Å²) in [6, 6.07) is 7.58. The fourth-order valence-corrected chi connectivity index (χ4v) is 2.62. The number of anilines is 1. The number of rotatable bonds is 4. The molecule has 0 radical (unpaired) electrons. The Morgan fingerprint density at radius 3 is 2.67 bits per heavy atom. The minimum absolute atomic E-state index is 0.00308. The largest absolute Gasteiger partial charge is 0.466 e. The van der Waals surface area contributed by atoms with Crippen LogP contribution in [0, 0.1) is 5.92 Å². The predicted molar refractivity (Wildman–Crippen MR) is 81.4 cm³/mol. The molecule has 1 aliphatic rings. The zero-order chi connectivity index (χ0) is 15.2. The van der Waals surface area contributed by atoms with Gasteiger partial charge in [-0.25, -0.2) is 0 Å². The average molecular weight is 290 g/mol. The highest BCUT2D eigenvalue weighted by Gasteiger charge is 2.26. The highest BCUT2D eigenvalue weighted by Crippen LogP contribution is 2.24. The predicted octanol–water partition coefficient (Wildman–Crippen LogP) is 1.83. The first-order chi connectivity index (χ1) is 10.2. The van der Waals surface area contributed by atoms with E-state index in [-0.39, 0.29) is 17.8 Å². The molecule has 5 nitrogen and oxygen atoms in total. The van der Waals surface area contributed by atoms with Crippen molar-refractivity contribution in [2.24, 2.45) is 5.92 Å². The van der Waals surface area contributed by atoms with Gasteiger partial charge in [-0.1, -0.05) is 6.07 Å². The zero-order valence-electron chi connectivity index (χ0n) is 12.6. The molecule has 21 heavy (non-hydrogen) atoms. The third-order valence-electron chi connectivity index (χ3n) is 3.82. The number of hydrogen-bond acceptors (Lipinski definition) is 4. The molecule has 1 saturated heterocycles. The van der Waals surface area contributed by atoms with Gasteiger partial charge in [0.2, 0.25) is 0 Å². The second-order valence-corrected chi connectivity index (χ2v) is 5.14. The van der Waals surface area contributed by atoms with Crippen LogP contribution < -0.4 is 10.2 Å². The lowest BCUT2D eigenvalue weighted by Crippen LogP contribution is -2.37. The van der Waals surface area contributed by atoms with Crippen molar-refractivity contribution in [3.8, 4) is 0 Å². The number of nitrogens with zero attached hydrogens (tertiary/aromatic N) is 1. The van der Waals surface area contributed by atoms with Gasteiger partial charge >= 0.3 is 5.97 Å². The summed E-state index contributed by atoms with van der Waals surface area (Å²) in [6.45, 7) is 3.88. The van der Waals surface area contributed by atoms with E-state index in [2.05, 4.69) is 10.2 Å². The van der Waals surface area contributed by atoms with E-state index in [1.165, 1.54) is 0 Å². The molecule has 0 aromatic heterocycles. The lowest BCUT2D eigenvalue weighted by Gasteiger charge is -2.32. The SMILES string of the molecule is CCOC(=O)C1CCN(c2cccc(C(=O)NC)c2)CC1. The summed E-state index contributed by atoms with van der Waals surface area (Å²) in [4.78, 5) is 25.6.